The van der Waals surface area contributed by atoms with Crippen molar-refractivity contribution >= 4 is 5.91 Å². The maximum absolute atomic E-state index is 13.7. The third kappa shape index (κ3) is 4.73. The van der Waals surface area contributed by atoms with E-state index in [9.17, 15) is 18.7 Å². The number of halogens is 2. The van der Waals surface area contributed by atoms with Crippen LogP contribution in [-0.4, -0.2) is 74.9 Å². The highest BCUT2D eigenvalue weighted by atomic mass is 19.1. The number of amides is 1. The fourth-order valence-corrected chi connectivity index (χ4v) is 5.35. The van der Waals surface area contributed by atoms with Gasteiger partial charge in [0.1, 0.15) is 17.7 Å². The van der Waals surface area contributed by atoms with Gasteiger partial charge in [0.05, 0.1) is 24.7 Å². The summed E-state index contributed by atoms with van der Waals surface area (Å²) in [6.45, 7) is 3.81. The number of alkyl halides is 1. The lowest BCUT2D eigenvalue weighted by Crippen LogP contribution is -2.46. The Morgan fingerprint density at radius 3 is 2.49 bits per heavy atom. The Balaban J connectivity index is 1.32. The van der Waals surface area contributed by atoms with Crippen molar-refractivity contribution in [3.05, 3.63) is 78.1 Å². The molecule has 2 aliphatic heterocycles. The van der Waals surface area contributed by atoms with Crippen molar-refractivity contribution in [3.63, 3.8) is 0 Å². The summed E-state index contributed by atoms with van der Waals surface area (Å²) in [5.41, 5.74) is 3.42. The lowest BCUT2D eigenvalue weighted by atomic mass is 9.95. The van der Waals surface area contributed by atoms with E-state index in [4.69, 9.17) is 0 Å². The minimum atomic E-state index is -1.19. The number of likely N-dealkylation sites (tertiary alicyclic amines) is 2. The molecule has 2 fully saturated rings. The summed E-state index contributed by atoms with van der Waals surface area (Å²) in [5, 5.41) is 9.74. The minimum absolute atomic E-state index is 0.0723. The normalized spacial score (nSPS) is 22.5. The van der Waals surface area contributed by atoms with E-state index in [0.29, 0.717) is 25.3 Å². The predicted octanol–water partition coefficient (Wildman–Crippen LogP) is 3.92. The first-order valence-electron chi connectivity index (χ1n) is 12.1. The quantitative estimate of drug-likeness (QED) is 0.602. The van der Waals surface area contributed by atoms with Crippen molar-refractivity contribution in [1.29, 1.82) is 0 Å². The summed E-state index contributed by atoms with van der Waals surface area (Å²) in [5.74, 6) is -0.354. The number of β-amino-alcohol motifs (C(OH)–C–C–N with tert-alkyl or cyclic N) is 1. The van der Waals surface area contributed by atoms with E-state index in [2.05, 4.69) is 4.98 Å². The topological polar surface area (TPSA) is 61.6 Å². The predicted molar refractivity (Wildman–Crippen MR) is 129 cm³/mol. The van der Waals surface area contributed by atoms with Gasteiger partial charge in [-0.1, -0.05) is 36.4 Å². The molecule has 8 heteroatoms. The molecule has 3 aromatic rings. The third-order valence-electron chi connectivity index (χ3n) is 7.38. The van der Waals surface area contributed by atoms with Gasteiger partial charge in [0, 0.05) is 32.2 Å². The van der Waals surface area contributed by atoms with E-state index in [-0.39, 0.29) is 30.4 Å². The summed E-state index contributed by atoms with van der Waals surface area (Å²) in [6.07, 6.45) is 2.69. The molecule has 184 valence electrons. The van der Waals surface area contributed by atoms with Crippen LogP contribution in [0.15, 0.2) is 61.1 Å². The summed E-state index contributed by atoms with van der Waals surface area (Å²) in [7, 11) is 0. The molecular weight excluding hydrogens is 450 g/mol. The van der Waals surface area contributed by atoms with E-state index >= 15 is 0 Å². The molecule has 1 amide bonds. The van der Waals surface area contributed by atoms with Crippen molar-refractivity contribution < 1.29 is 18.7 Å². The highest BCUT2D eigenvalue weighted by Crippen LogP contribution is 2.31. The molecule has 35 heavy (non-hydrogen) atoms. The molecule has 3 atom stereocenters. The lowest BCUT2D eigenvalue weighted by molar-refractivity contribution is 0.0616. The second kappa shape index (κ2) is 9.87. The standard InChI is InChI=1S/C27H30F2N4O2/c1-18(22-4-2-3-5-23(22)19-6-8-20(28)9-7-19)33-17-30-14-25(33)27(35)31-12-10-21(11-13-31)32-15-24(29)26(34)16-32/h2-9,14,17-18,21,24,26,34H,10-13,15-16H2,1H3/t18-,24-,26-/m0/s1. The van der Waals surface area contributed by atoms with E-state index < -0.39 is 12.3 Å². The number of aliphatic hydroxyl groups excluding tert-OH is 1. The highest BCUT2D eigenvalue weighted by Gasteiger charge is 2.37. The lowest BCUT2D eigenvalue weighted by Gasteiger charge is -2.36. The molecule has 0 saturated carbocycles. The molecule has 0 bridgehead atoms. The molecule has 6 nitrogen and oxygen atoms in total. The van der Waals surface area contributed by atoms with E-state index in [1.807, 2.05) is 45.6 Å². The molecule has 1 aromatic heterocycles. The SMILES string of the molecule is C[C@@H](c1ccccc1-c1ccc(F)cc1)n1cncc1C(=O)N1CCC(N2C[C@H](O)[C@@H](F)C2)CC1. The zero-order valence-corrected chi connectivity index (χ0v) is 19.7. The molecule has 5 rings (SSSR count). The summed E-state index contributed by atoms with van der Waals surface area (Å²) < 4.78 is 29.1. The number of imidazole rings is 1. The second-order valence-corrected chi connectivity index (χ2v) is 9.52. The van der Waals surface area contributed by atoms with Crippen LogP contribution in [0.4, 0.5) is 8.78 Å². The van der Waals surface area contributed by atoms with Gasteiger partial charge in [0.15, 0.2) is 0 Å². The van der Waals surface area contributed by atoms with Crippen LogP contribution >= 0.6 is 0 Å². The van der Waals surface area contributed by atoms with Gasteiger partial charge in [-0.15, -0.1) is 0 Å². The number of piperidine rings is 1. The fourth-order valence-electron chi connectivity index (χ4n) is 5.35. The number of nitrogens with zero attached hydrogens (tertiary/aromatic N) is 4. The van der Waals surface area contributed by atoms with Crippen molar-refractivity contribution in [3.8, 4) is 11.1 Å². The van der Waals surface area contributed by atoms with E-state index in [0.717, 1.165) is 29.5 Å². The average Bonchev–Trinajstić information content (AvgIpc) is 3.50. The largest absolute Gasteiger partial charge is 0.389 e. The Hall–Kier alpha value is -3.10. The van der Waals surface area contributed by atoms with E-state index in [1.165, 1.54) is 12.1 Å². The number of hydrogen-bond acceptors (Lipinski definition) is 4. The number of benzene rings is 2. The highest BCUT2D eigenvalue weighted by molar-refractivity contribution is 5.92. The van der Waals surface area contributed by atoms with Crippen LogP contribution in [0.25, 0.3) is 11.1 Å². The van der Waals surface area contributed by atoms with Crippen LogP contribution < -0.4 is 0 Å². The number of carbonyl (C=O) groups excluding carboxylic acids is 1. The Labute approximate surface area is 203 Å². The Morgan fingerprint density at radius 1 is 1.09 bits per heavy atom. The minimum Gasteiger partial charge on any atom is -0.389 e. The number of rotatable bonds is 5. The molecule has 0 radical (unpaired) electrons. The van der Waals surface area contributed by atoms with Crippen LogP contribution in [0.2, 0.25) is 0 Å². The first-order valence-corrected chi connectivity index (χ1v) is 12.1. The maximum Gasteiger partial charge on any atom is 0.272 e. The summed E-state index contributed by atoms with van der Waals surface area (Å²) >= 11 is 0. The van der Waals surface area contributed by atoms with Crippen LogP contribution in [0.1, 0.15) is 41.9 Å². The molecule has 0 unspecified atom stereocenters. The number of aromatic nitrogens is 2. The smallest absolute Gasteiger partial charge is 0.272 e. The molecule has 1 N–H and O–H groups in total. The average molecular weight is 481 g/mol. The molecular formula is C27H30F2N4O2. The van der Waals surface area contributed by atoms with Gasteiger partial charge < -0.3 is 14.6 Å². The van der Waals surface area contributed by atoms with E-state index in [1.54, 1.807) is 24.7 Å². The summed E-state index contributed by atoms with van der Waals surface area (Å²) in [4.78, 5) is 21.6. The number of carbonyl (C=O) groups is 1. The molecule has 2 aromatic carbocycles. The van der Waals surface area contributed by atoms with Crippen molar-refractivity contribution in [1.82, 2.24) is 19.4 Å². The van der Waals surface area contributed by atoms with Crippen molar-refractivity contribution in [2.75, 3.05) is 26.2 Å². The van der Waals surface area contributed by atoms with Gasteiger partial charge in [-0.25, -0.2) is 13.8 Å². The maximum atomic E-state index is 13.7. The van der Waals surface area contributed by atoms with Gasteiger partial charge in [0.25, 0.3) is 5.91 Å². The molecule has 0 spiro atoms. The van der Waals surface area contributed by atoms with Crippen LogP contribution in [0.5, 0.6) is 0 Å². The Kier molecular flexibility index (Phi) is 6.67. The zero-order valence-electron chi connectivity index (χ0n) is 19.7. The van der Waals surface area contributed by atoms with Crippen LogP contribution in [0.3, 0.4) is 0 Å². The molecule has 2 saturated heterocycles. The fraction of sp³-hybridized carbons (Fsp3) is 0.407. The molecule has 0 aliphatic carbocycles. The first-order chi connectivity index (χ1) is 16.9. The van der Waals surface area contributed by atoms with Crippen molar-refractivity contribution in [2.24, 2.45) is 0 Å². The third-order valence-corrected chi connectivity index (χ3v) is 7.38. The van der Waals surface area contributed by atoms with Crippen LogP contribution in [-0.2, 0) is 0 Å². The van der Waals surface area contributed by atoms with Crippen LogP contribution in [0, 0.1) is 5.82 Å². The first kappa shape index (κ1) is 23.6. The zero-order chi connectivity index (χ0) is 24.5. The summed E-state index contributed by atoms with van der Waals surface area (Å²) in [6, 6.07) is 14.4. The Bertz CT molecular complexity index is 1160. The monoisotopic (exact) mass is 480 g/mol. The van der Waals surface area contributed by atoms with Gasteiger partial charge in [0.2, 0.25) is 0 Å². The molecule has 3 heterocycles. The van der Waals surface area contributed by atoms with Gasteiger partial charge in [-0.3, -0.25) is 9.69 Å². The number of aliphatic hydroxyl groups is 1. The molecule has 2 aliphatic rings. The number of hydrogen-bond donors (Lipinski definition) is 1. The van der Waals surface area contributed by atoms with Gasteiger partial charge >= 0.3 is 0 Å². The van der Waals surface area contributed by atoms with Crippen molar-refractivity contribution in [2.45, 2.75) is 44.1 Å². The Morgan fingerprint density at radius 2 is 1.80 bits per heavy atom. The second-order valence-electron chi connectivity index (χ2n) is 9.52. The van der Waals surface area contributed by atoms with Gasteiger partial charge in [-0.2, -0.15) is 0 Å². The van der Waals surface area contributed by atoms with Gasteiger partial charge in [-0.05, 0) is 48.6 Å².